The molecule has 0 N–H and O–H groups in total. The molecule has 1 unspecified atom stereocenters. The first-order chi connectivity index (χ1) is 5.43. The Balaban J connectivity index is 2.28. The van der Waals surface area contributed by atoms with Crippen molar-refractivity contribution in [3.05, 3.63) is 35.9 Å². The highest BCUT2D eigenvalue weighted by Crippen LogP contribution is 2.18. The summed E-state index contributed by atoms with van der Waals surface area (Å²) >= 11 is 0. The van der Waals surface area contributed by atoms with Gasteiger partial charge in [0.15, 0.2) is 0 Å². The largest absolute Gasteiger partial charge is 0.362 e. The molecule has 0 radical (unpaired) electrons. The molecule has 1 atom stereocenters. The molecule has 60 valence electrons. The lowest BCUT2D eigenvalue weighted by Gasteiger charge is -1.99. The van der Waals surface area contributed by atoms with E-state index >= 15 is 0 Å². The van der Waals surface area contributed by atoms with Crippen molar-refractivity contribution in [1.82, 2.24) is 0 Å². The Kier molecular flexibility index (Phi) is 4.18. The standard InChI is InChI=1S/C9H13OP/c1-2-10-11-8-9-6-4-3-5-7-9/h3-7,11H,2,8H2,1H3. The van der Waals surface area contributed by atoms with E-state index in [2.05, 4.69) is 24.3 Å². The summed E-state index contributed by atoms with van der Waals surface area (Å²) in [6, 6.07) is 10.4. The topological polar surface area (TPSA) is 9.23 Å². The minimum Gasteiger partial charge on any atom is -0.362 e. The van der Waals surface area contributed by atoms with Gasteiger partial charge >= 0.3 is 0 Å². The van der Waals surface area contributed by atoms with Gasteiger partial charge in [0.05, 0.1) is 0 Å². The van der Waals surface area contributed by atoms with Crippen LogP contribution in [0.25, 0.3) is 0 Å². The molecule has 0 saturated heterocycles. The van der Waals surface area contributed by atoms with Crippen molar-refractivity contribution >= 4 is 8.81 Å². The van der Waals surface area contributed by atoms with Crippen molar-refractivity contribution in [1.29, 1.82) is 0 Å². The molecule has 1 rings (SSSR count). The Labute approximate surface area is 69.6 Å². The summed E-state index contributed by atoms with van der Waals surface area (Å²) in [6.45, 7) is 2.85. The predicted octanol–water partition coefficient (Wildman–Crippen LogP) is 2.82. The third kappa shape index (κ3) is 3.50. The molecule has 0 bridgehead atoms. The molecule has 0 saturated carbocycles. The summed E-state index contributed by atoms with van der Waals surface area (Å²) < 4.78 is 5.27. The smallest absolute Gasteiger partial charge is 0.0477 e. The van der Waals surface area contributed by atoms with Crippen molar-refractivity contribution in [2.75, 3.05) is 6.61 Å². The van der Waals surface area contributed by atoms with Crippen LogP contribution in [0.4, 0.5) is 0 Å². The first-order valence-electron chi connectivity index (χ1n) is 3.82. The van der Waals surface area contributed by atoms with E-state index in [1.54, 1.807) is 0 Å². The summed E-state index contributed by atoms with van der Waals surface area (Å²) in [5, 5.41) is 0. The zero-order chi connectivity index (χ0) is 7.94. The van der Waals surface area contributed by atoms with Gasteiger partial charge in [0.25, 0.3) is 0 Å². The van der Waals surface area contributed by atoms with Crippen LogP contribution >= 0.6 is 8.81 Å². The second-order valence-corrected chi connectivity index (χ2v) is 3.17. The first kappa shape index (κ1) is 8.70. The van der Waals surface area contributed by atoms with Crippen LogP contribution in [0.3, 0.4) is 0 Å². The molecule has 0 aliphatic heterocycles. The molecular weight excluding hydrogens is 155 g/mol. The highest BCUT2D eigenvalue weighted by atomic mass is 31.1. The normalized spacial score (nSPS) is 11.0. The first-order valence-corrected chi connectivity index (χ1v) is 4.93. The van der Waals surface area contributed by atoms with Gasteiger partial charge in [-0.1, -0.05) is 30.3 Å². The monoisotopic (exact) mass is 168 g/mol. The molecule has 0 aromatic heterocycles. The van der Waals surface area contributed by atoms with E-state index in [1.165, 1.54) is 5.56 Å². The summed E-state index contributed by atoms with van der Waals surface area (Å²) in [4.78, 5) is 0. The Morgan fingerprint density at radius 1 is 1.27 bits per heavy atom. The van der Waals surface area contributed by atoms with Gasteiger partial charge in [-0.15, -0.1) is 0 Å². The second kappa shape index (κ2) is 5.29. The Morgan fingerprint density at radius 2 is 2.00 bits per heavy atom. The summed E-state index contributed by atoms with van der Waals surface area (Å²) in [6.07, 6.45) is 1.05. The third-order valence-corrected chi connectivity index (χ3v) is 2.41. The van der Waals surface area contributed by atoms with Crippen molar-refractivity contribution in [3.63, 3.8) is 0 Å². The Morgan fingerprint density at radius 3 is 2.64 bits per heavy atom. The van der Waals surface area contributed by atoms with E-state index in [0.717, 1.165) is 12.8 Å². The lowest BCUT2D eigenvalue weighted by Crippen LogP contribution is -1.79. The van der Waals surface area contributed by atoms with Crippen molar-refractivity contribution in [2.24, 2.45) is 0 Å². The maximum absolute atomic E-state index is 5.27. The van der Waals surface area contributed by atoms with Crippen LogP contribution in [0, 0.1) is 0 Å². The van der Waals surface area contributed by atoms with Gasteiger partial charge in [0, 0.05) is 21.6 Å². The second-order valence-electron chi connectivity index (χ2n) is 2.24. The van der Waals surface area contributed by atoms with E-state index in [1.807, 2.05) is 13.0 Å². The molecule has 2 heteroatoms. The summed E-state index contributed by atoms with van der Waals surface area (Å²) in [7, 11) is 0.610. The average molecular weight is 168 g/mol. The zero-order valence-corrected chi connectivity index (χ0v) is 7.71. The molecule has 0 spiro atoms. The fourth-order valence-electron chi connectivity index (χ4n) is 0.832. The molecule has 0 amide bonds. The van der Waals surface area contributed by atoms with Crippen LogP contribution in [0.1, 0.15) is 12.5 Å². The number of hydrogen-bond donors (Lipinski definition) is 0. The van der Waals surface area contributed by atoms with Crippen LogP contribution in [0.2, 0.25) is 0 Å². The average Bonchev–Trinajstić information content (AvgIpc) is 2.07. The molecule has 0 aliphatic rings. The highest BCUT2D eigenvalue weighted by molar-refractivity contribution is 7.31. The van der Waals surface area contributed by atoms with E-state index < -0.39 is 0 Å². The van der Waals surface area contributed by atoms with Gasteiger partial charge in [-0.3, -0.25) is 0 Å². The quantitative estimate of drug-likeness (QED) is 0.496. The van der Waals surface area contributed by atoms with Gasteiger partial charge in [-0.2, -0.15) is 0 Å². The third-order valence-electron chi connectivity index (χ3n) is 1.37. The van der Waals surface area contributed by atoms with Gasteiger partial charge in [-0.05, 0) is 12.5 Å². The SMILES string of the molecule is CCOPCc1ccccc1. The van der Waals surface area contributed by atoms with Gasteiger partial charge in [-0.25, -0.2) is 0 Å². The number of benzene rings is 1. The number of rotatable bonds is 4. The maximum atomic E-state index is 5.27. The highest BCUT2D eigenvalue weighted by Gasteiger charge is 1.89. The lowest BCUT2D eigenvalue weighted by atomic mass is 10.2. The Bertz CT molecular complexity index is 186. The van der Waals surface area contributed by atoms with E-state index in [-0.39, 0.29) is 0 Å². The minimum atomic E-state index is 0.610. The van der Waals surface area contributed by atoms with Crippen LogP contribution < -0.4 is 0 Å². The van der Waals surface area contributed by atoms with Gasteiger partial charge in [0.2, 0.25) is 0 Å². The van der Waals surface area contributed by atoms with Crippen molar-refractivity contribution in [3.8, 4) is 0 Å². The molecule has 1 nitrogen and oxygen atoms in total. The minimum absolute atomic E-state index is 0.610. The lowest BCUT2D eigenvalue weighted by molar-refractivity contribution is 0.389. The van der Waals surface area contributed by atoms with Crippen LogP contribution in [-0.2, 0) is 10.7 Å². The molecule has 11 heavy (non-hydrogen) atoms. The molecule has 1 aromatic rings. The van der Waals surface area contributed by atoms with Crippen LogP contribution in [0.15, 0.2) is 30.3 Å². The number of hydrogen-bond acceptors (Lipinski definition) is 1. The molecule has 1 aromatic carbocycles. The predicted molar refractivity (Wildman–Crippen MR) is 50.1 cm³/mol. The van der Waals surface area contributed by atoms with Crippen molar-refractivity contribution in [2.45, 2.75) is 13.1 Å². The van der Waals surface area contributed by atoms with E-state index in [9.17, 15) is 0 Å². The van der Waals surface area contributed by atoms with Crippen LogP contribution in [0.5, 0.6) is 0 Å². The van der Waals surface area contributed by atoms with Gasteiger partial charge in [0.1, 0.15) is 0 Å². The van der Waals surface area contributed by atoms with Crippen molar-refractivity contribution < 1.29 is 4.52 Å². The molecule has 0 aliphatic carbocycles. The fraction of sp³-hybridized carbons (Fsp3) is 0.333. The van der Waals surface area contributed by atoms with E-state index in [4.69, 9.17) is 4.52 Å². The summed E-state index contributed by atoms with van der Waals surface area (Å²) in [5.74, 6) is 0. The van der Waals surface area contributed by atoms with Gasteiger partial charge < -0.3 is 4.52 Å². The zero-order valence-electron chi connectivity index (χ0n) is 6.71. The van der Waals surface area contributed by atoms with Crippen LogP contribution in [-0.4, -0.2) is 6.61 Å². The summed E-state index contributed by atoms with van der Waals surface area (Å²) in [5.41, 5.74) is 1.36. The Hall–Kier alpha value is -0.390. The molecular formula is C9H13OP. The molecule has 0 heterocycles. The molecule has 0 fully saturated rings. The fourth-order valence-corrected chi connectivity index (χ4v) is 1.54. The maximum Gasteiger partial charge on any atom is 0.0477 e. The van der Waals surface area contributed by atoms with E-state index in [0.29, 0.717) is 8.81 Å².